The van der Waals surface area contributed by atoms with Gasteiger partial charge >= 0.3 is 0 Å². The molecule has 2 aromatic rings. The molecule has 1 aliphatic rings. The van der Waals surface area contributed by atoms with Gasteiger partial charge in [-0.2, -0.15) is 0 Å². The standard InChI is InChI=1S/C15H19N5OS/c1-19(2)14(21)12(10-6-4-3-5-7-10)22-15-18-17-13(20(15)16)11-8-9-11/h3-7,11-12H,8-9,16H2,1-2H3/t12-/m1/s1. The molecule has 0 spiro atoms. The quantitative estimate of drug-likeness (QED) is 0.672. The van der Waals surface area contributed by atoms with Crippen molar-refractivity contribution in [1.29, 1.82) is 0 Å². The van der Waals surface area contributed by atoms with Crippen molar-refractivity contribution >= 4 is 17.7 Å². The molecule has 1 fully saturated rings. The number of thioether (sulfide) groups is 1. The molecule has 0 saturated heterocycles. The topological polar surface area (TPSA) is 77.0 Å². The Morgan fingerprint density at radius 3 is 2.59 bits per heavy atom. The van der Waals surface area contributed by atoms with Gasteiger partial charge in [0.1, 0.15) is 5.25 Å². The van der Waals surface area contributed by atoms with Gasteiger partial charge in [-0.15, -0.1) is 10.2 Å². The van der Waals surface area contributed by atoms with E-state index in [9.17, 15) is 4.79 Å². The van der Waals surface area contributed by atoms with Gasteiger partial charge in [0.15, 0.2) is 5.82 Å². The maximum absolute atomic E-state index is 12.5. The molecule has 0 radical (unpaired) electrons. The van der Waals surface area contributed by atoms with E-state index in [1.807, 2.05) is 30.3 Å². The van der Waals surface area contributed by atoms with Crippen molar-refractivity contribution in [3.63, 3.8) is 0 Å². The highest BCUT2D eigenvalue weighted by atomic mass is 32.2. The first kappa shape index (κ1) is 14.9. The first-order valence-electron chi connectivity index (χ1n) is 7.21. The predicted octanol–water partition coefficient (Wildman–Crippen LogP) is 1.79. The van der Waals surface area contributed by atoms with Gasteiger partial charge in [-0.1, -0.05) is 42.1 Å². The van der Waals surface area contributed by atoms with Crippen LogP contribution in [0.15, 0.2) is 35.5 Å². The van der Waals surface area contributed by atoms with Crippen LogP contribution in [-0.2, 0) is 4.79 Å². The zero-order chi connectivity index (χ0) is 15.7. The van der Waals surface area contributed by atoms with Gasteiger partial charge in [-0.3, -0.25) is 4.79 Å². The molecule has 6 nitrogen and oxygen atoms in total. The number of rotatable bonds is 5. The lowest BCUT2D eigenvalue weighted by Crippen LogP contribution is -2.27. The zero-order valence-electron chi connectivity index (χ0n) is 12.6. The maximum Gasteiger partial charge on any atom is 0.240 e. The maximum atomic E-state index is 12.5. The number of nitrogens with two attached hydrogens (primary N) is 1. The van der Waals surface area contributed by atoms with Gasteiger partial charge in [-0.05, 0) is 18.4 Å². The molecule has 1 saturated carbocycles. The Bertz CT molecular complexity index is 666. The summed E-state index contributed by atoms with van der Waals surface area (Å²) < 4.78 is 1.53. The van der Waals surface area contributed by atoms with E-state index in [1.165, 1.54) is 16.4 Å². The number of likely N-dealkylation sites (N-methyl/N-ethyl adjacent to an activating group) is 1. The van der Waals surface area contributed by atoms with E-state index in [-0.39, 0.29) is 11.2 Å². The predicted molar refractivity (Wildman–Crippen MR) is 85.9 cm³/mol. The van der Waals surface area contributed by atoms with Crippen LogP contribution in [0.25, 0.3) is 0 Å². The first-order valence-corrected chi connectivity index (χ1v) is 8.09. The highest BCUT2D eigenvalue weighted by Crippen LogP contribution is 2.41. The zero-order valence-corrected chi connectivity index (χ0v) is 13.5. The van der Waals surface area contributed by atoms with Crippen LogP contribution >= 0.6 is 11.8 Å². The molecule has 2 N–H and O–H groups in total. The SMILES string of the molecule is CN(C)C(=O)[C@H](Sc1nnc(C2CC2)n1N)c1ccccc1. The normalized spacial score (nSPS) is 15.5. The van der Waals surface area contributed by atoms with Crippen LogP contribution in [0.5, 0.6) is 0 Å². The number of carbonyl (C=O) groups excluding carboxylic acids is 1. The molecule has 3 rings (SSSR count). The number of nitrogens with zero attached hydrogens (tertiary/aromatic N) is 4. The largest absolute Gasteiger partial charge is 0.348 e. The van der Waals surface area contributed by atoms with Crippen LogP contribution in [0.2, 0.25) is 0 Å². The van der Waals surface area contributed by atoms with E-state index < -0.39 is 0 Å². The van der Waals surface area contributed by atoms with Gasteiger partial charge in [0.05, 0.1) is 0 Å². The Kier molecular flexibility index (Phi) is 4.06. The van der Waals surface area contributed by atoms with E-state index in [1.54, 1.807) is 19.0 Å². The highest BCUT2D eigenvalue weighted by Gasteiger charge is 2.32. The Morgan fingerprint density at radius 1 is 1.32 bits per heavy atom. The van der Waals surface area contributed by atoms with Crippen molar-refractivity contribution in [3.8, 4) is 0 Å². The highest BCUT2D eigenvalue weighted by molar-refractivity contribution is 8.00. The second kappa shape index (κ2) is 6.00. The van der Waals surface area contributed by atoms with Crippen LogP contribution < -0.4 is 5.84 Å². The molecular weight excluding hydrogens is 298 g/mol. The van der Waals surface area contributed by atoms with Gasteiger partial charge in [-0.25, -0.2) is 4.68 Å². The van der Waals surface area contributed by atoms with E-state index in [4.69, 9.17) is 5.84 Å². The van der Waals surface area contributed by atoms with E-state index >= 15 is 0 Å². The van der Waals surface area contributed by atoms with Crippen LogP contribution in [0.4, 0.5) is 0 Å². The molecule has 0 bridgehead atoms. The third-order valence-electron chi connectivity index (χ3n) is 3.62. The number of hydrogen-bond donors (Lipinski definition) is 1. The van der Waals surface area contributed by atoms with Crippen molar-refractivity contribution in [2.45, 2.75) is 29.2 Å². The minimum Gasteiger partial charge on any atom is -0.348 e. The van der Waals surface area contributed by atoms with E-state index in [2.05, 4.69) is 10.2 Å². The molecule has 116 valence electrons. The van der Waals surface area contributed by atoms with Crippen LogP contribution in [0, 0.1) is 0 Å². The molecular formula is C15H19N5OS. The molecule has 1 aliphatic carbocycles. The molecule has 1 aromatic heterocycles. The lowest BCUT2D eigenvalue weighted by molar-refractivity contribution is -0.128. The summed E-state index contributed by atoms with van der Waals surface area (Å²) in [5, 5.41) is 8.53. The smallest absolute Gasteiger partial charge is 0.240 e. The van der Waals surface area contributed by atoms with Gasteiger partial charge in [0, 0.05) is 20.0 Å². The van der Waals surface area contributed by atoms with Crippen molar-refractivity contribution in [3.05, 3.63) is 41.7 Å². The number of amides is 1. The molecule has 7 heteroatoms. The molecule has 1 atom stereocenters. The molecule has 1 aromatic carbocycles. The summed E-state index contributed by atoms with van der Waals surface area (Å²) in [4.78, 5) is 14.1. The van der Waals surface area contributed by atoms with Crippen molar-refractivity contribution < 1.29 is 4.79 Å². The summed E-state index contributed by atoms with van der Waals surface area (Å²) in [7, 11) is 3.50. The van der Waals surface area contributed by atoms with Crippen molar-refractivity contribution in [1.82, 2.24) is 19.8 Å². The number of aromatic nitrogens is 3. The van der Waals surface area contributed by atoms with Crippen molar-refractivity contribution in [2.75, 3.05) is 19.9 Å². The minimum atomic E-state index is -0.380. The summed E-state index contributed by atoms with van der Waals surface area (Å²) in [6, 6.07) is 9.67. The van der Waals surface area contributed by atoms with Crippen molar-refractivity contribution in [2.24, 2.45) is 0 Å². The monoisotopic (exact) mass is 317 g/mol. The lowest BCUT2D eigenvalue weighted by Gasteiger charge is -2.20. The Hall–Kier alpha value is -2.02. The summed E-state index contributed by atoms with van der Waals surface area (Å²) in [5.74, 6) is 7.33. The average Bonchev–Trinajstić information content (AvgIpc) is 3.30. The minimum absolute atomic E-state index is 0.00664. The number of hydrogen-bond acceptors (Lipinski definition) is 5. The molecule has 1 heterocycles. The van der Waals surface area contributed by atoms with Gasteiger partial charge in [0.25, 0.3) is 0 Å². The summed E-state index contributed by atoms with van der Waals surface area (Å²) in [5.41, 5.74) is 0.933. The van der Waals surface area contributed by atoms with Crippen LogP contribution in [-0.4, -0.2) is 39.8 Å². The Labute approximate surface area is 133 Å². The number of nitrogen functional groups attached to an aromatic ring is 1. The summed E-state index contributed by atoms with van der Waals surface area (Å²) in [6.07, 6.45) is 2.22. The van der Waals surface area contributed by atoms with Crippen LogP contribution in [0.3, 0.4) is 0 Å². The van der Waals surface area contributed by atoms with Crippen LogP contribution in [0.1, 0.15) is 35.4 Å². The summed E-state index contributed by atoms with van der Waals surface area (Å²) >= 11 is 1.34. The Morgan fingerprint density at radius 2 is 2.00 bits per heavy atom. The van der Waals surface area contributed by atoms with Gasteiger partial charge in [0.2, 0.25) is 11.1 Å². The second-order valence-electron chi connectivity index (χ2n) is 5.63. The summed E-state index contributed by atoms with van der Waals surface area (Å²) in [6.45, 7) is 0. The lowest BCUT2D eigenvalue weighted by atomic mass is 10.1. The van der Waals surface area contributed by atoms with E-state index in [0.29, 0.717) is 11.1 Å². The van der Waals surface area contributed by atoms with E-state index in [0.717, 1.165) is 24.2 Å². The second-order valence-corrected chi connectivity index (χ2v) is 6.70. The number of benzene rings is 1. The Balaban J connectivity index is 1.88. The fraction of sp³-hybridized carbons (Fsp3) is 0.400. The van der Waals surface area contributed by atoms with Gasteiger partial charge < -0.3 is 10.7 Å². The third kappa shape index (κ3) is 2.94. The third-order valence-corrected chi connectivity index (χ3v) is 4.82. The molecule has 0 unspecified atom stereocenters. The first-order chi connectivity index (χ1) is 10.6. The molecule has 0 aliphatic heterocycles. The number of carbonyl (C=O) groups is 1. The average molecular weight is 317 g/mol. The molecule has 1 amide bonds. The molecule has 22 heavy (non-hydrogen) atoms. The fourth-order valence-corrected chi connectivity index (χ4v) is 3.33. The fourth-order valence-electron chi connectivity index (χ4n) is 2.22.